The molecule has 68 valence electrons. The summed E-state index contributed by atoms with van der Waals surface area (Å²) in [5, 5.41) is 3.33. The first-order chi connectivity index (χ1) is 6.31. The van der Waals surface area contributed by atoms with E-state index in [-0.39, 0.29) is 0 Å². The summed E-state index contributed by atoms with van der Waals surface area (Å²) in [6.07, 6.45) is 1.46. The number of rotatable bonds is 2. The largest absolute Gasteiger partial charge is 0.384 e. The van der Waals surface area contributed by atoms with Crippen molar-refractivity contribution in [3.05, 3.63) is 29.3 Å². The van der Waals surface area contributed by atoms with Gasteiger partial charge in [-0.15, -0.1) is 0 Å². The Morgan fingerprint density at radius 2 is 2.46 bits per heavy atom. The number of benzene rings is 1. The molecule has 1 unspecified atom stereocenters. The molecule has 1 aromatic rings. The molecular weight excluding hydrogens is 162 g/mol. The molecule has 2 nitrogen and oxygen atoms in total. The second-order valence-corrected chi connectivity index (χ2v) is 3.57. The zero-order chi connectivity index (χ0) is 9.26. The number of carbonyl (C=O) groups excluding carboxylic acids is 1. The highest BCUT2D eigenvalue weighted by Gasteiger charge is 2.17. The fourth-order valence-electron chi connectivity index (χ4n) is 1.78. The molecule has 1 atom stereocenters. The molecule has 1 heterocycles. The minimum Gasteiger partial charge on any atom is -0.384 e. The summed E-state index contributed by atoms with van der Waals surface area (Å²) in [4.78, 5) is 10.3. The Morgan fingerprint density at radius 1 is 1.62 bits per heavy atom. The predicted octanol–water partition coefficient (Wildman–Crippen LogP) is 1.96. The first-order valence-corrected chi connectivity index (χ1v) is 4.61. The normalized spacial score (nSPS) is 19.3. The van der Waals surface area contributed by atoms with Crippen LogP contribution in [0.3, 0.4) is 0 Å². The van der Waals surface area contributed by atoms with Crippen molar-refractivity contribution >= 4 is 12.0 Å². The SMILES string of the molecule is CC1CNc2cc(CC=O)ccc21. The Hall–Kier alpha value is -1.31. The van der Waals surface area contributed by atoms with Crippen molar-refractivity contribution < 1.29 is 4.79 Å². The molecule has 2 heteroatoms. The highest BCUT2D eigenvalue weighted by atomic mass is 16.1. The highest BCUT2D eigenvalue weighted by Crippen LogP contribution is 2.31. The van der Waals surface area contributed by atoms with E-state index >= 15 is 0 Å². The maximum atomic E-state index is 10.3. The molecule has 13 heavy (non-hydrogen) atoms. The fourth-order valence-corrected chi connectivity index (χ4v) is 1.78. The van der Waals surface area contributed by atoms with Gasteiger partial charge in [-0.25, -0.2) is 0 Å². The van der Waals surface area contributed by atoms with Crippen LogP contribution in [0.5, 0.6) is 0 Å². The van der Waals surface area contributed by atoms with Crippen molar-refractivity contribution in [2.24, 2.45) is 0 Å². The maximum absolute atomic E-state index is 10.3. The van der Waals surface area contributed by atoms with Crippen molar-refractivity contribution in [1.29, 1.82) is 0 Å². The van der Waals surface area contributed by atoms with Crippen molar-refractivity contribution in [1.82, 2.24) is 0 Å². The molecule has 1 N–H and O–H groups in total. The van der Waals surface area contributed by atoms with Crippen LogP contribution in [0.4, 0.5) is 5.69 Å². The Morgan fingerprint density at radius 3 is 3.23 bits per heavy atom. The third-order valence-corrected chi connectivity index (χ3v) is 2.57. The van der Waals surface area contributed by atoms with Gasteiger partial charge in [0.2, 0.25) is 0 Å². The molecule has 1 aromatic carbocycles. The number of hydrogen-bond acceptors (Lipinski definition) is 2. The van der Waals surface area contributed by atoms with Crippen LogP contribution < -0.4 is 5.32 Å². The molecule has 0 saturated heterocycles. The lowest BCUT2D eigenvalue weighted by Gasteiger charge is -2.03. The van der Waals surface area contributed by atoms with Crippen LogP contribution in [0, 0.1) is 0 Å². The Kier molecular flexibility index (Phi) is 2.05. The van der Waals surface area contributed by atoms with Gasteiger partial charge in [0.25, 0.3) is 0 Å². The molecule has 0 saturated carbocycles. The quantitative estimate of drug-likeness (QED) is 0.696. The number of nitrogens with one attached hydrogen (secondary N) is 1. The molecule has 0 bridgehead atoms. The van der Waals surface area contributed by atoms with Crippen LogP contribution in [0.25, 0.3) is 0 Å². The van der Waals surface area contributed by atoms with Crippen LogP contribution in [0.15, 0.2) is 18.2 Å². The molecule has 0 spiro atoms. The summed E-state index contributed by atoms with van der Waals surface area (Å²) in [6.45, 7) is 3.22. The summed E-state index contributed by atoms with van der Waals surface area (Å²) in [7, 11) is 0. The van der Waals surface area contributed by atoms with Crippen molar-refractivity contribution in [3.63, 3.8) is 0 Å². The molecule has 0 amide bonds. The second-order valence-electron chi connectivity index (χ2n) is 3.57. The minimum absolute atomic E-state index is 0.517. The maximum Gasteiger partial charge on any atom is 0.124 e. The number of fused-ring (bicyclic) bond motifs is 1. The van der Waals surface area contributed by atoms with Gasteiger partial charge in [-0.2, -0.15) is 0 Å². The first kappa shape index (κ1) is 8.30. The molecule has 1 aliphatic heterocycles. The van der Waals surface area contributed by atoms with Gasteiger partial charge in [0.05, 0.1) is 0 Å². The minimum atomic E-state index is 0.517. The Bertz CT molecular complexity index is 333. The van der Waals surface area contributed by atoms with Crippen LogP contribution >= 0.6 is 0 Å². The van der Waals surface area contributed by atoms with E-state index in [1.807, 2.05) is 6.07 Å². The third-order valence-electron chi connectivity index (χ3n) is 2.57. The molecule has 0 fully saturated rings. The van der Waals surface area contributed by atoms with Gasteiger partial charge in [0, 0.05) is 24.6 Å². The summed E-state index contributed by atoms with van der Waals surface area (Å²) in [6, 6.07) is 6.24. The summed E-state index contributed by atoms with van der Waals surface area (Å²) < 4.78 is 0. The van der Waals surface area contributed by atoms with Crippen molar-refractivity contribution in [3.8, 4) is 0 Å². The molecule has 0 aromatic heterocycles. The van der Waals surface area contributed by atoms with Crippen molar-refractivity contribution in [2.45, 2.75) is 19.3 Å². The smallest absolute Gasteiger partial charge is 0.124 e. The lowest BCUT2D eigenvalue weighted by molar-refractivity contribution is -0.107. The number of anilines is 1. The Labute approximate surface area is 78.0 Å². The van der Waals surface area contributed by atoms with E-state index < -0.39 is 0 Å². The first-order valence-electron chi connectivity index (χ1n) is 4.61. The summed E-state index contributed by atoms with van der Waals surface area (Å²) in [5.41, 5.74) is 3.66. The number of carbonyl (C=O) groups is 1. The Balaban J connectivity index is 2.33. The van der Waals surface area contributed by atoms with Gasteiger partial charge in [-0.05, 0) is 17.2 Å². The highest BCUT2D eigenvalue weighted by molar-refractivity contribution is 5.62. The summed E-state index contributed by atoms with van der Waals surface area (Å²) >= 11 is 0. The zero-order valence-electron chi connectivity index (χ0n) is 7.71. The molecule has 0 radical (unpaired) electrons. The van der Waals surface area contributed by atoms with E-state index in [0.29, 0.717) is 12.3 Å². The van der Waals surface area contributed by atoms with Crippen LogP contribution in [0.1, 0.15) is 24.0 Å². The molecule has 1 aliphatic rings. The number of aldehydes is 1. The summed E-state index contributed by atoms with van der Waals surface area (Å²) in [5.74, 6) is 0.597. The lowest BCUT2D eigenvalue weighted by Crippen LogP contribution is -1.95. The second kappa shape index (κ2) is 3.21. The molecular formula is C11H13NO. The van der Waals surface area contributed by atoms with Gasteiger partial charge in [-0.1, -0.05) is 19.1 Å². The van der Waals surface area contributed by atoms with Crippen LogP contribution in [0.2, 0.25) is 0 Å². The third kappa shape index (κ3) is 1.44. The van der Waals surface area contributed by atoms with Crippen LogP contribution in [-0.2, 0) is 11.2 Å². The van der Waals surface area contributed by atoms with E-state index in [4.69, 9.17) is 0 Å². The van der Waals surface area contributed by atoms with Gasteiger partial charge in [0.15, 0.2) is 0 Å². The lowest BCUT2D eigenvalue weighted by atomic mass is 10.0. The average Bonchev–Trinajstić information content (AvgIpc) is 2.48. The van der Waals surface area contributed by atoms with E-state index in [1.165, 1.54) is 11.3 Å². The predicted molar refractivity (Wildman–Crippen MR) is 53.1 cm³/mol. The number of hydrogen-bond donors (Lipinski definition) is 1. The molecule has 2 rings (SSSR count). The zero-order valence-corrected chi connectivity index (χ0v) is 7.71. The van der Waals surface area contributed by atoms with Gasteiger partial charge < -0.3 is 10.1 Å². The van der Waals surface area contributed by atoms with Crippen LogP contribution in [-0.4, -0.2) is 12.8 Å². The van der Waals surface area contributed by atoms with E-state index in [9.17, 15) is 4.79 Å². The average molecular weight is 175 g/mol. The monoisotopic (exact) mass is 175 g/mol. The molecule has 0 aliphatic carbocycles. The van der Waals surface area contributed by atoms with Crippen molar-refractivity contribution in [2.75, 3.05) is 11.9 Å². The fraction of sp³-hybridized carbons (Fsp3) is 0.364. The van der Waals surface area contributed by atoms with Gasteiger partial charge in [-0.3, -0.25) is 0 Å². The van der Waals surface area contributed by atoms with Gasteiger partial charge in [0.1, 0.15) is 6.29 Å². The van der Waals surface area contributed by atoms with Gasteiger partial charge >= 0.3 is 0 Å². The van der Waals surface area contributed by atoms with E-state index in [0.717, 1.165) is 18.4 Å². The van der Waals surface area contributed by atoms with E-state index in [2.05, 4.69) is 24.4 Å². The standard InChI is InChI=1S/C11H13NO/c1-8-7-12-11-6-9(4-5-13)2-3-10(8)11/h2-3,5-6,8,12H,4,7H2,1H3. The van der Waals surface area contributed by atoms with E-state index in [1.54, 1.807) is 0 Å². The topological polar surface area (TPSA) is 29.1 Å².